The Hall–Kier alpha value is -0.0800. The lowest BCUT2D eigenvalue weighted by molar-refractivity contribution is 0.331. The predicted molar refractivity (Wildman–Crippen MR) is 68.6 cm³/mol. The maximum Gasteiger partial charge on any atom is 0.0236 e. The second kappa shape index (κ2) is 10.4. The average Bonchev–Trinajstić information content (AvgIpc) is 2.23. The lowest BCUT2D eigenvalue weighted by atomic mass is 9.93. The van der Waals surface area contributed by atoms with E-state index in [0.717, 1.165) is 0 Å². The van der Waals surface area contributed by atoms with Crippen molar-refractivity contribution in [3.63, 3.8) is 0 Å². The first-order chi connectivity index (χ1) is 7.26. The Morgan fingerprint density at radius 3 is 2.13 bits per heavy atom. The first-order valence-corrected chi connectivity index (χ1v) is 6.72. The minimum absolute atomic E-state index is 0.520. The molecule has 0 saturated heterocycles. The Morgan fingerprint density at radius 2 is 1.60 bits per heavy atom. The smallest absolute Gasteiger partial charge is 0.0236 e. The molecule has 0 aliphatic heterocycles. The third kappa shape index (κ3) is 7.80. The fraction of sp³-hybridized carbons (Fsp3) is 1.00. The van der Waals surface area contributed by atoms with Gasteiger partial charge in [-0.15, -0.1) is 0 Å². The zero-order valence-corrected chi connectivity index (χ0v) is 10.9. The van der Waals surface area contributed by atoms with Gasteiger partial charge < -0.3 is 0 Å². The SMILES string of the molecule is CCCCCCCC(NN)C(C)CCC. The number of hydrazine groups is 1. The topological polar surface area (TPSA) is 38.0 Å². The van der Waals surface area contributed by atoms with E-state index in [9.17, 15) is 0 Å². The molecule has 2 nitrogen and oxygen atoms in total. The van der Waals surface area contributed by atoms with E-state index in [1.807, 2.05) is 0 Å². The maximum atomic E-state index is 5.59. The number of unbranched alkanes of at least 4 members (excludes halogenated alkanes) is 4. The molecule has 0 amide bonds. The normalized spacial score (nSPS) is 15.2. The summed E-state index contributed by atoms with van der Waals surface area (Å²) in [5.41, 5.74) is 2.98. The largest absolute Gasteiger partial charge is 0.271 e. The monoisotopic (exact) mass is 214 g/mol. The quantitative estimate of drug-likeness (QED) is 0.331. The van der Waals surface area contributed by atoms with Crippen LogP contribution in [-0.2, 0) is 0 Å². The number of nitrogens with one attached hydrogen (secondary N) is 1. The molecule has 0 radical (unpaired) electrons. The van der Waals surface area contributed by atoms with Crippen molar-refractivity contribution in [1.29, 1.82) is 0 Å². The molecule has 0 rings (SSSR count). The molecule has 2 heteroatoms. The zero-order valence-electron chi connectivity index (χ0n) is 10.9. The average molecular weight is 214 g/mol. The van der Waals surface area contributed by atoms with Gasteiger partial charge in [0.2, 0.25) is 0 Å². The molecule has 92 valence electrons. The van der Waals surface area contributed by atoms with Crippen molar-refractivity contribution in [3.05, 3.63) is 0 Å². The van der Waals surface area contributed by atoms with Crippen LogP contribution in [0.4, 0.5) is 0 Å². The molecule has 2 unspecified atom stereocenters. The number of nitrogens with two attached hydrogens (primary N) is 1. The summed E-state index contributed by atoms with van der Waals surface area (Å²) in [7, 11) is 0. The molecule has 3 N–H and O–H groups in total. The zero-order chi connectivity index (χ0) is 11.5. The van der Waals surface area contributed by atoms with E-state index in [4.69, 9.17) is 5.84 Å². The molecular formula is C13H30N2. The van der Waals surface area contributed by atoms with Gasteiger partial charge in [0.15, 0.2) is 0 Å². The maximum absolute atomic E-state index is 5.59. The Balaban J connectivity index is 3.51. The lowest BCUT2D eigenvalue weighted by Crippen LogP contribution is -2.39. The van der Waals surface area contributed by atoms with Gasteiger partial charge in [-0.3, -0.25) is 11.3 Å². The van der Waals surface area contributed by atoms with Gasteiger partial charge >= 0.3 is 0 Å². The Morgan fingerprint density at radius 1 is 0.933 bits per heavy atom. The second-order valence-corrected chi connectivity index (χ2v) is 4.74. The van der Waals surface area contributed by atoms with Gasteiger partial charge in [0.05, 0.1) is 0 Å². The summed E-state index contributed by atoms with van der Waals surface area (Å²) in [6, 6.07) is 0.520. The van der Waals surface area contributed by atoms with Gasteiger partial charge in [0, 0.05) is 6.04 Å². The van der Waals surface area contributed by atoms with Gasteiger partial charge in [0.25, 0.3) is 0 Å². The Kier molecular flexibility index (Phi) is 10.4. The van der Waals surface area contributed by atoms with Crippen molar-refractivity contribution >= 4 is 0 Å². The van der Waals surface area contributed by atoms with Crippen LogP contribution in [-0.4, -0.2) is 6.04 Å². The number of rotatable bonds is 10. The van der Waals surface area contributed by atoms with Crippen LogP contribution in [0, 0.1) is 5.92 Å². The van der Waals surface area contributed by atoms with E-state index in [0.29, 0.717) is 12.0 Å². The second-order valence-electron chi connectivity index (χ2n) is 4.74. The summed E-state index contributed by atoms with van der Waals surface area (Å²) < 4.78 is 0. The van der Waals surface area contributed by atoms with Crippen molar-refractivity contribution in [1.82, 2.24) is 5.43 Å². The summed E-state index contributed by atoms with van der Waals surface area (Å²) in [6.07, 6.45) is 10.6. The molecule has 0 aromatic rings. The van der Waals surface area contributed by atoms with E-state index >= 15 is 0 Å². The molecule has 0 aliphatic carbocycles. The van der Waals surface area contributed by atoms with Crippen LogP contribution in [0.1, 0.15) is 72.1 Å². The fourth-order valence-electron chi connectivity index (χ4n) is 2.16. The van der Waals surface area contributed by atoms with Crippen LogP contribution in [0.15, 0.2) is 0 Å². The van der Waals surface area contributed by atoms with Crippen molar-refractivity contribution in [2.75, 3.05) is 0 Å². The van der Waals surface area contributed by atoms with Crippen molar-refractivity contribution in [2.24, 2.45) is 11.8 Å². The van der Waals surface area contributed by atoms with Crippen LogP contribution >= 0.6 is 0 Å². The van der Waals surface area contributed by atoms with E-state index in [1.165, 1.54) is 51.4 Å². The third-order valence-electron chi connectivity index (χ3n) is 3.26. The highest BCUT2D eigenvalue weighted by molar-refractivity contribution is 4.70. The molecule has 0 heterocycles. The Labute approximate surface area is 96.0 Å². The van der Waals surface area contributed by atoms with Crippen LogP contribution in [0.2, 0.25) is 0 Å². The molecule has 0 aromatic carbocycles. The first-order valence-electron chi connectivity index (χ1n) is 6.72. The first kappa shape index (κ1) is 14.9. The van der Waals surface area contributed by atoms with Crippen LogP contribution < -0.4 is 11.3 Å². The highest BCUT2D eigenvalue weighted by Gasteiger charge is 2.13. The third-order valence-corrected chi connectivity index (χ3v) is 3.26. The summed E-state index contributed by atoms with van der Waals surface area (Å²) >= 11 is 0. The van der Waals surface area contributed by atoms with Crippen molar-refractivity contribution in [2.45, 2.75) is 78.2 Å². The summed E-state index contributed by atoms with van der Waals surface area (Å²) in [4.78, 5) is 0. The minimum atomic E-state index is 0.520. The van der Waals surface area contributed by atoms with Crippen LogP contribution in [0.3, 0.4) is 0 Å². The molecular weight excluding hydrogens is 184 g/mol. The van der Waals surface area contributed by atoms with Crippen LogP contribution in [0.25, 0.3) is 0 Å². The molecule has 0 saturated carbocycles. The molecule has 2 atom stereocenters. The molecule has 0 aliphatic rings. The van der Waals surface area contributed by atoms with E-state index < -0.39 is 0 Å². The Bertz CT molecular complexity index is 126. The fourth-order valence-corrected chi connectivity index (χ4v) is 2.16. The summed E-state index contributed by atoms with van der Waals surface area (Å²) in [5.74, 6) is 6.31. The van der Waals surface area contributed by atoms with Gasteiger partial charge in [-0.1, -0.05) is 59.3 Å². The van der Waals surface area contributed by atoms with Crippen LogP contribution in [0.5, 0.6) is 0 Å². The summed E-state index contributed by atoms with van der Waals surface area (Å²) in [6.45, 7) is 6.80. The van der Waals surface area contributed by atoms with Gasteiger partial charge in [-0.05, 0) is 18.8 Å². The van der Waals surface area contributed by atoms with Gasteiger partial charge in [-0.2, -0.15) is 0 Å². The molecule has 15 heavy (non-hydrogen) atoms. The number of hydrogen-bond donors (Lipinski definition) is 2. The minimum Gasteiger partial charge on any atom is -0.271 e. The van der Waals surface area contributed by atoms with Gasteiger partial charge in [-0.25, -0.2) is 0 Å². The molecule has 0 fully saturated rings. The molecule has 0 bridgehead atoms. The van der Waals surface area contributed by atoms with E-state index in [2.05, 4.69) is 26.2 Å². The summed E-state index contributed by atoms with van der Waals surface area (Å²) in [5, 5.41) is 0. The van der Waals surface area contributed by atoms with Gasteiger partial charge in [0.1, 0.15) is 0 Å². The number of hydrogen-bond acceptors (Lipinski definition) is 2. The predicted octanol–water partition coefficient (Wildman–Crippen LogP) is 3.62. The van der Waals surface area contributed by atoms with Crippen molar-refractivity contribution < 1.29 is 0 Å². The standard InChI is InChI=1S/C13H30N2/c1-4-6-7-8-9-11-13(15-14)12(3)10-5-2/h12-13,15H,4-11,14H2,1-3H3. The van der Waals surface area contributed by atoms with E-state index in [-0.39, 0.29) is 0 Å². The lowest BCUT2D eigenvalue weighted by Gasteiger charge is -2.22. The van der Waals surface area contributed by atoms with Crippen molar-refractivity contribution in [3.8, 4) is 0 Å². The molecule has 0 spiro atoms. The molecule has 0 aromatic heterocycles. The van der Waals surface area contributed by atoms with E-state index in [1.54, 1.807) is 0 Å². The highest BCUT2D eigenvalue weighted by Crippen LogP contribution is 2.16. The highest BCUT2D eigenvalue weighted by atomic mass is 15.2.